The molecule has 18 heavy (non-hydrogen) atoms. The topological polar surface area (TPSA) is 41.6 Å². The molecule has 1 amide bonds. The monoisotopic (exact) mass is 248 g/mol. The van der Waals surface area contributed by atoms with Gasteiger partial charge in [0.15, 0.2) is 0 Å². The number of likely N-dealkylation sites (N-methyl/N-ethyl adjacent to an activating group) is 1. The molecule has 0 saturated heterocycles. The fourth-order valence-electron chi connectivity index (χ4n) is 2.50. The van der Waals surface area contributed by atoms with Crippen molar-refractivity contribution < 1.29 is 9.53 Å². The predicted molar refractivity (Wildman–Crippen MR) is 71.9 cm³/mol. The number of anilines is 1. The van der Waals surface area contributed by atoms with Crippen molar-refractivity contribution in [3.63, 3.8) is 0 Å². The Morgan fingerprint density at radius 2 is 2.11 bits per heavy atom. The van der Waals surface area contributed by atoms with Gasteiger partial charge in [-0.25, -0.2) is 0 Å². The second-order valence-electron chi connectivity index (χ2n) is 4.65. The summed E-state index contributed by atoms with van der Waals surface area (Å²) in [6.45, 7) is 5.29. The standard InChI is InChI=1S/C14H20N2O2/c1-9-5-6-11-12(15-3)14(17)16(7-8-18-4)13(11)10(9)2/h5-6,12,15H,7-8H2,1-4H3. The van der Waals surface area contributed by atoms with Gasteiger partial charge in [-0.2, -0.15) is 0 Å². The van der Waals surface area contributed by atoms with Gasteiger partial charge < -0.3 is 15.0 Å². The summed E-state index contributed by atoms with van der Waals surface area (Å²) in [7, 11) is 3.47. The SMILES string of the molecule is CNC1C(=O)N(CCOC)c2c1ccc(C)c2C. The molecule has 1 aromatic carbocycles. The van der Waals surface area contributed by atoms with Gasteiger partial charge in [0.25, 0.3) is 0 Å². The maximum Gasteiger partial charge on any atom is 0.248 e. The van der Waals surface area contributed by atoms with Gasteiger partial charge >= 0.3 is 0 Å². The van der Waals surface area contributed by atoms with Crippen molar-refractivity contribution >= 4 is 11.6 Å². The number of hydrogen-bond donors (Lipinski definition) is 1. The zero-order chi connectivity index (χ0) is 13.3. The Balaban J connectivity index is 2.47. The van der Waals surface area contributed by atoms with Crippen LogP contribution in [-0.2, 0) is 9.53 Å². The minimum atomic E-state index is -0.226. The first-order valence-electron chi connectivity index (χ1n) is 6.19. The summed E-state index contributed by atoms with van der Waals surface area (Å²) in [4.78, 5) is 14.2. The number of carbonyl (C=O) groups is 1. The van der Waals surface area contributed by atoms with Gasteiger partial charge in [0, 0.05) is 19.2 Å². The van der Waals surface area contributed by atoms with Crippen LogP contribution in [0.15, 0.2) is 12.1 Å². The van der Waals surface area contributed by atoms with E-state index in [-0.39, 0.29) is 11.9 Å². The Morgan fingerprint density at radius 1 is 1.39 bits per heavy atom. The molecule has 1 N–H and O–H groups in total. The van der Waals surface area contributed by atoms with Crippen LogP contribution in [-0.4, -0.2) is 33.2 Å². The zero-order valence-corrected chi connectivity index (χ0v) is 11.4. The number of carbonyl (C=O) groups excluding carboxylic acids is 1. The van der Waals surface area contributed by atoms with Crippen molar-refractivity contribution in [3.05, 3.63) is 28.8 Å². The Bertz CT molecular complexity index is 471. The summed E-state index contributed by atoms with van der Waals surface area (Å²) in [5.41, 5.74) is 4.51. The van der Waals surface area contributed by atoms with Crippen LogP contribution in [0.4, 0.5) is 5.69 Å². The van der Waals surface area contributed by atoms with E-state index in [0.29, 0.717) is 13.2 Å². The molecule has 2 rings (SSSR count). The van der Waals surface area contributed by atoms with Crippen LogP contribution < -0.4 is 10.2 Å². The number of fused-ring (bicyclic) bond motifs is 1. The van der Waals surface area contributed by atoms with Gasteiger partial charge in [0.2, 0.25) is 5.91 Å². The van der Waals surface area contributed by atoms with Crippen LogP contribution in [0.25, 0.3) is 0 Å². The molecule has 0 bridgehead atoms. The number of aryl methyl sites for hydroxylation is 1. The molecule has 1 atom stereocenters. The zero-order valence-electron chi connectivity index (χ0n) is 11.4. The van der Waals surface area contributed by atoms with Gasteiger partial charge in [-0.3, -0.25) is 4.79 Å². The molecule has 98 valence electrons. The van der Waals surface area contributed by atoms with Crippen molar-refractivity contribution in [2.24, 2.45) is 0 Å². The molecule has 4 nitrogen and oxygen atoms in total. The van der Waals surface area contributed by atoms with Gasteiger partial charge in [-0.1, -0.05) is 12.1 Å². The Hall–Kier alpha value is -1.39. The molecule has 1 heterocycles. The highest BCUT2D eigenvalue weighted by molar-refractivity contribution is 6.05. The average molecular weight is 248 g/mol. The van der Waals surface area contributed by atoms with Gasteiger partial charge in [-0.05, 0) is 32.0 Å². The van der Waals surface area contributed by atoms with Crippen LogP contribution in [0.5, 0.6) is 0 Å². The Kier molecular flexibility index (Phi) is 3.68. The van der Waals surface area contributed by atoms with E-state index in [1.54, 1.807) is 7.11 Å². The lowest BCUT2D eigenvalue weighted by Crippen LogP contribution is -2.35. The fourth-order valence-corrected chi connectivity index (χ4v) is 2.50. The number of nitrogens with one attached hydrogen (secondary N) is 1. The van der Waals surface area contributed by atoms with E-state index in [1.807, 2.05) is 18.0 Å². The van der Waals surface area contributed by atoms with Gasteiger partial charge in [-0.15, -0.1) is 0 Å². The quantitative estimate of drug-likeness (QED) is 0.879. The van der Waals surface area contributed by atoms with Gasteiger partial charge in [0.1, 0.15) is 6.04 Å². The first-order valence-corrected chi connectivity index (χ1v) is 6.19. The minimum absolute atomic E-state index is 0.109. The first kappa shape index (κ1) is 13.1. The number of rotatable bonds is 4. The lowest BCUT2D eigenvalue weighted by Gasteiger charge is -2.19. The lowest BCUT2D eigenvalue weighted by atomic mass is 10.0. The fraction of sp³-hybridized carbons (Fsp3) is 0.500. The summed E-state index contributed by atoms with van der Waals surface area (Å²) in [6.07, 6.45) is 0. The van der Waals surface area contributed by atoms with E-state index in [0.717, 1.165) is 11.3 Å². The third-order valence-corrected chi connectivity index (χ3v) is 3.63. The second-order valence-corrected chi connectivity index (χ2v) is 4.65. The van der Waals surface area contributed by atoms with Crippen LogP contribution in [0.1, 0.15) is 22.7 Å². The maximum atomic E-state index is 12.4. The third kappa shape index (κ3) is 1.91. The minimum Gasteiger partial charge on any atom is -0.383 e. The molecule has 0 saturated carbocycles. The van der Waals surface area contributed by atoms with E-state index < -0.39 is 0 Å². The Morgan fingerprint density at radius 3 is 2.72 bits per heavy atom. The summed E-state index contributed by atoms with van der Waals surface area (Å²) >= 11 is 0. The van der Waals surface area contributed by atoms with Crippen LogP contribution >= 0.6 is 0 Å². The maximum absolute atomic E-state index is 12.4. The summed E-state index contributed by atoms with van der Waals surface area (Å²) < 4.78 is 5.09. The van der Waals surface area contributed by atoms with Crippen LogP contribution in [0.3, 0.4) is 0 Å². The molecular formula is C14H20N2O2. The molecule has 4 heteroatoms. The smallest absolute Gasteiger partial charge is 0.248 e. The molecule has 1 aliphatic rings. The van der Waals surface area contributed by atoms with Crippen molar-refractivity contribution in [2.45, 2.75) is 19.9 Å². The summed E-state index contributed by atoms with van der Waals surface area (Å²) in [6, 6.07) is 3.89. The van der Waals surface area contributed by atoms with Gasteiger partial charge in [0.05, 0.1) is 12.3 Å². The largest absolute Gasteiger partial charge is 0.383 e. The number of methoxy groups -OCH3 is 1. The number of hydrogen-bond acceptors (Lipinski definition) is 3. The highest BCUT2D eigenvalue weighted by Crippen LogP contribution is 2.39. The molecule has 1 unspecified atom stereocenters. The van der Waals surface area contributed by atoms with Crippen molar-refractivity contribution in [3.8, 4) is 0 Å². The van der Waals surface area contributed by atoms with E-state index in [4.69, 9.17) is 4.74 Å². The molecule has 0 radical (unpaired) electrons. The molecule has 1 aliphatic heterocycles. The summed E-state index contributed by atoms with van der Waals surface area (Å²) in [5, 5.41) is 3.09. The molecule has 0 spiro atoms. The molecular weight excluding hydrogens is 228 g/mol. The molecule has 1 aromatic rings. The number of ether oxygens (including phenoxy) is 1. The average Bonchev–Trinajstić information content (AvgIpc) is 2.64. The van der Waals surface area contributed by atoms with E-state index >= 15 is 0 Å². The highest BCUT2D eigenvalue weighted by Gasteiger charge is 2.37. The van der Waals surface area contributed by atoms with E-state index in [9.17, 15) is 4.79 Å². The molecule has 0 aliphatic carbocycles. The summed E-state index contributed by atoms with van der Waals surface area (Å²) in [5.74, 6) is 0.109. The van der Waals surface area contributed by atoms with E-state index in [2.05, 4.69) is 25.2 Å². The second kappa shape index (κ2) is 5.08. The first-order chi connectivity index (χ1) is 8.61. The Labute approximate surface area is 108 Å². The normalized spacial score (nSPS) is 18.3. The van der Waals surface area contributed by atoms with Crippen molar-refractivity contribution in [2.75, 3.05) is 32.2 Å². The van der Waals surface area contributed by atoms with Crippen molar-refractivity contribution in [1.29, 1.82) is 0 Å². The number of nitrogens with zero attached hydrogens (tertiary/aromatic N) is 1. The molecule has 0 aromatic heterocycles. The van der Waals surface area contributed by atoms with Crippen molar-refractivity contribution in [1.82, 2.24) is 5.32 Å². The molecule has 0 fully saturated rings. The third-order valence-electron chi connectivity index (χ3n) is 3.63. The number of amides is 1. The lowest BCUT2D eigenvalue weighted by molar-refractivity contribution is -0.120. The number of benzene rings is 1. The predicted octanol–water partition coefficient (Wildman–Crippen LogP) is 1.56. The van der Waals surface area contributed by atoms with E-state index in [1.165, 1.54) is 11.1 Å². The van der Waals surface area contributed by atoms with Crippen LogP contribution in [0, 0.1) is 13.8 Å². The highest BCUT2D eigenvalue weighted by atomic mass is 16.5. The van der Waals surface area contributed by atoms with Crippen LogP contribution in [0.2, 0.25) is 0 Å².